The predicted octanol–water partition coefficient (Wildman–Crippen LogP) is 1.44. The van der Waals surface area contributed by atoms with E-state index in [1.54, 1.807) is 28.1 Å². The monoisotopic (exact) mass is 283 g/mol. The summed E-state index contributed by atoms with van der Waals surface area (Å²) < 4.78 is 10.8. The zero-order chi connectivity index (χ0) is 15.3. The highest BCUT2D eigenvalue weighted by Crippen LogP contribution is 2.40. The van der Waals surface area contributed by atoms with Crippen LogP contribution in [-0.4, -0.2) is 55.1 Å². The Morgan fingerprint density at radius 2 is 1.90 bits per heavy atom. The number of hydrogen-bond acceptors (Lipinski definition) is 5. The first-order chi connectivity index (χ1) is 9.36. The van der Waals surface area contributed by atoms with Gasteiger partial charge in [0.1, 0.15) is 0 Å². The second-order valence-corrected chi connectivity index (χ2v) is 5.34. The molecule has 0 bridgehead atoms. The fourth-order valence-electron chi connectivity index (χ4n) is 2.57. The van der Waals surface area contributed by atoms with E-state index in [1.807, 2.05) is 30.1 Å². The lowest BCUT2D eigenvalue weighted by molar-refractivity contribution is -0.0171. The molecule has 2 N–H and O–H groups in total. The number of ether oxygens (including phenoxy) is 2. The van der Waals surface area contributed by atoms with Crippen molar-refractivity contribution in [3.05, 3.63) is 23.8 Å². The van der Waals surface area contributed by atoms with Gasteiger partial charge in [-0.25, -0.2) is 0 Å². The molecule has 0 saturated heterocycles. The normalized spacial score (nSPS) is 13.4. The Morgan fingerprint density at radius 1 is 1.25 bits per heavy atom. The number of nitrogens with zero attached hydrogens (tertiary/aromatic N) is 1. The molecule has 0 aromatic heterocycles. The average molecular weight is 283 g/mol. The molecule has 1 unspecified atom stereocenters. The van der Waals surface area contributed by atoms with Crippen molar-refractivity contribution >= 4 is 0 Å². The first-order valence-corrected chi connectivity index (χ1v) is 6.61. The van der Waals surface area contributed by atoms with E-state index in [1.165, 1.54) is 0 Å². The summed E-state index contributed by atoms with van der Waals surface area (Å²) in [6.45, 7) is 3.96. The van der Waals surface area contributed by atoms with E-state index in [-0.39, 0.29) is 12.6 Å². The minimum Gasteiger partial charge on any atom is -0.493 e. The van der Waals surface area contributed by atoms with Gasteiger partial charge in [-0.15, -0.1) is 0 Å². The number of aliphatic hydroxyl groups excluding tert-OH is 1. The summed E-state index contributed by atoms with van der Waals surface area (Å²) in [6, 6.07) is 5.26. The molecule has 1 rings (SSSR count). The van der Waals surface area contributed by atoms with Crippen molar-refractivity contribution in [1.82, 2.24) is 4.90 Å². The number of hydrogen-bond donors (Lipinski definition) is 2. The lowest BCUT2D eigenvalue weighted by Crippen LogP contribution is -2.41. The molecule has 1 atom stereocenters. The van der Waals surface area contributed by atoms with Gasteiger partial charge in [0.15, 0.2) is 11.5 Å². The molecular formula is C15H25NO4. The molecule has 0 heterocycles. The van der Waals surface area contributed by atoms with E-state index in [4.69, 9.17) is 14.6 Å². The molecule has 5 nitrogen and oxygen atoms in total. The number of aliphatic hydroxyl groups is 2. The zero-order valence-electron chi connectivity index (χ0n) is 12.9. The van der Waals surface area contributed by atoms with Crippen LogP contribution in [0.3, 0.4) is 0 Å². The Kier molecular flexibility index (Phi) is 5.80. The second-order valence-electron chi connectivity index (χ2n) is 5.34. The van der Waals surface area contributed by atoms with Crippen LogP contribution in [-0.2, 0) is 0 Å². The molecule has 1 aromatic rings. The third kappa shape index (κ3) is 3.62. The van der Waals surface area contributed by atoms with Gasteiger partial charge < -0.3 is 19.7 Å². The van der Waals surface area contributed by atoms with Crippen molar-refractivity contribution in [3.8, 4) is 11.5 Å². The summed E-state index contributed by atoms with van der Waals surface area (Å²) in [6.07, 6.45) is 0. The molecule has 114 valence electrons. The van der Waals surface area contributed by atoms with Crippen molar-refractivity contribution < 1.29 is 19.7 Å². The molecule has 1 aromatic carbocycles. The van der Waals surface area contributed by atoms with E-state index < -0.39 is 5.60 Å². The van der Waals surface area contributed by atoms with E-state index in [9.17, 15) is 5.11 Å². The summed E-state index contributed by atoms with van der Waals surface area (Å²) in [5.41, 5.74) is -0.167. The summed E-state index contributed by atoms with van der Waals surface area (Å²) >= 11 is 0. The fraction of sp³-hybridized carbons (Fsp3) is 0.600. The number of likely N-dealkylation sites (N-methyl/N-ethyl adjacent to an activating group) is 1. The van der Waals surface area contributed by atoms with Crippen LogP contribution in [0.5, 0.6) is 11.5 Å². The molecule has 0 fully saturated rings. The van der Waals surface area contributed by atoms with Crippen LogP contribution in [0, 0.1) is 0 Å². The van der Waals surface area contributed by atoms with Gasteiger partial charge in [-0.2, -0.15) is 0 Å². The third-order valence-corrected chi connectivity index (χ3v) is 3.29. The molecule has 0 aliphatic heterocycles. The number of para-hydroxylation sites is 1. The van der Waals surface area contributed by atoms with Gasteiger partial charge in [-0.05, 0) is 27.0 Å². The lowest BCUT2D eigenvalue weighted by Gasteiger charge is -2.37. The largest absolute Gasteiger partial charge is 0.493 e. The standard InChI is InChI=1S/C15H25NO4/c1-15(2,18)14(16(3)9-10-17)11-7-6-8-12(19-4)13(11)20-5/h6-8,14,17-18H,9-10H2,1-5H3. The maximum absolute atomic E-state index is 10.5. The number of benzene rings is 1. The first kappa shape index (κ1) is 16.8. The third-order valence-electron chi connectivity index (χ3n) is 3.29. The van der Waals surface area contributed by atoms with Crippen LogP contribution in [0.4, 0.5) is 0 Å². The molecule has 0 aliphatic carbocycles. The van der Waals surface area contributed by atoms with Crippen molar-refractivity contribution in [2.24, 2.45) is 0 Å². The van der Waals surface area contributed by atoms with E-state index >= 15 is 0 Å². The van der Waals surface area contributed by atoms with Crippen LogP contribution in [0.25, 0.3) is 0 Å². The molecule has 0 radical (unpaired) electrons. The van der Waals surface area contributed by atoms with Gasteiger partial charge in [0.2, 0.25) is 0 Å². The minimum atomic E-state index is -0.996. The smallest absolute Gasteiger partial charge is 0.165 e. The summed E-state index contributed by atoms with van der Waals surface area (Å²) in [5.74, 6) is 1.23. The van der Waals surface area contributed by atoms with Crippen molar-refractivity contribution in [2.45, 2.75) is 25.5 Å². The van der Waals surface area contributed by atoms with E-state index in [0.717, 1.165) is 5.56 Å². The van der Waals surface area contributed by atoms with Gasteiger partial charge in [0, 0.05) is 12.1 Å². The zero-order valence-corrected chi connectivity index (χ0v) is 12.9. The Hall–Kier alpha value is -1.30. The summed E-state index contributed by atoms with van der Waals surface area (Å²) in [7, 11) is 5.02. The second kappa shape index (κ2) is 6.92. The highest BCUT2D eigenvalue weighted by atomic mass is 16.5. The maximum atomic E-state index is 10.5. The van der Waals surface area contributed by atoms with E-state index in [0.29, 0.717) is 18.0 Å². The van der Waals surface area contributed by atoms with Gasteiger partial charge in [0.05, 0.1) is 32.5 Å². The first-order valence-electron chi connectivity index (χ1n) is 6.61. The summed E-state index contributed by atoms with van der Waals surface area (Å²) in [5, 5.41) is 19.6. The van der Waals surface area contributed by atoms with Gasteiger partial charge in [0.25, 0.3) is 0 Å². The number of methoxy groups -OCH3 is 2. The Morgan fingerprint density at radius 3 is 2.35 bits per heavy atom. The fourth-order valence-corrected chi connectivity index (χ4v) is 2.57. The molecular weight excluding hydrogens is 258 g/mol. The Bertz CT molecular complexity index is 428. The Labute approximate surface area is 120 Å². The SMILES string of the molecule is COc1cccc(C(N(C)CCO)C(C)(C)O)c1OC. The number of rotatable bonds is 7. The highest BCUT2D eigenvalue weighted by molar-refractivity contribution is 5.48. The van der Waals surface area contributed by atoms with Gasteiger partial charge >= 0.3 is 0 Å². The summed E-state index contributed by atoms with van der Waals surface area (Å²) in [4.78, 5) is 1.90. The van der Waals surface area contributed by atoms with Crippen molar-refractivity contribution in [1.29, 1.82) is 0 Å². The van der Waals surface area contributed by atoms with Crippen LogP contribution >= 0.6 is 0 Å². The van der Waals surface area contributed by atoms with E-state index in [2.05, 4.69) is 0 Å². The minimum absolute atomic E-state index is 0.0232. The predicted molar refractivity (Wildman–Crippen MR) is 78.3 cm³/mol. The molecule has 0 amide bonds. The topological polar surface area (TPSA) is 62.2 Å². The molecule has 20 heavy (non-hydrogen) atoms. The van der Waals surface area contributed by atoms with Gasteiger partial charge in [-0.3, -0.25) is 4.90 Å². The molecule has 5 heteroatoms. The Balaban J connectivity index is 3.34. The van der Waals surface area contributed by atoms with Gasteiger partial charge in [-0.1, -0.05) is 12.1 Å². The molecule has 0 spiro atoms. The van der Waals surface area contributed by atoms with Crippen LogP contribution in [0.15, 0.2) is 18.2 Å². The quantitative estimate of drug-likeness (QED) is 0.793. The molecule has 0 saturated carbocycles. The van der Waals surface area contributed by atoms with Crippen LogP contribution < -0.4 is 9.47 Å². The highest BCUT2D eigenvalue weighted by Gasteiger charge is 2.34. The van der Waals surface area contributed by atoms with Crippen LogP contribution in [0.1, 0.15) is 25.5 Å². The van der Waals surface area contributed by atoms with Crippen molar-refractivity contribution in [3.63, 3.8) is 0 Å². The van der Waals surface area contributed by atoms with Crippen molar-refractivity contribution in [2.75, 3.05) is 34.4 Å². The lowest BCUT2D eigenvalue weighted by atomic mass is 9.89. The molecule has 0 aliphatic rings. The maximum Gasteiger partial charge on any atom is 0.165 e. The van der Waals surface area contributed by atoms with Crippen LogP contribution in [0.2, 0.25) is 0 Å². The average Bonchev–Trinajstić information content (AvgIpc) is 2.37.